The second-order valence-corrected chi connectivity index (χ2v) is 5.52. The van der Waals surface area contributed by atoms with E-state index in [9.17, 15) is 4.79 Å². The Morgan fingerprint density at radius 2 is 2.39 bits per heavy atom. The van der Waals surface area contributed by atoms with Crippen LogP contribution in [0.5, 0.6) is 0 Å². The van der Waals surface area contributed by atoms with Crippen LogP contribution < -0.4 is 10.6 Å². The van der Waals surface area contributed by atoms with Crippen LogP contribution in [0.15, 0.2) is 6.07 Å². The van der Waals surface area contributed by atoms with Gasteiger partial charge >= 0.3 is 0 Å². The molecule has 3 atom stereocenters. The van der Waals surface area contributed by atoms with E-state index in [4.69, 9.17) is 0 Å². The first-order valence-corrected chi connectivity index (χ1v) is 6.70. The SMILES string of the molecule is Cc1cc(NC(=O)C2NCC3CCCC32)n(C)n1. The summed E-state index contributed by atoms with van der Waals surface area (Å²) < 4.78 is 1.72. The molecule has 2 fully saturated rings. The van der Waals surface area contributed by atoms with Crippen LogP contribution >= 0.6 is 0 Å². The predicted octanol–water partition coefficient (Wildman–Crippen LogP) is 1.06. The van der Waals surface area contributed by atoms with Crippen molar-refractivity contribution in [2.45, 2.75) is 32.2 Å². The maximum absolute atomic E-state index is 12.3. The van der Waals surface area contributed by atoms with E-state index in [2.05, 4.69) is 15.7 Å². The largest absolute Gasteiger partial charge is 0.310 e. The summed E-state index contributed by atoms with van der Waals surface area (Å²) in [5, 5.41) is 10.6. The van der Waals surface area contributed by atoms with Crippen molar-refractivity contribution in [2.75, 3.05) is 11.9 Å². The summed E-state index contributed by atoms with van der Waals surface area (Å²) in [4.78, 5) is 12.3. The van der Waals surface area contributed by atoms with Crippen molar-refractivity contribution in [3.63, 3.8) is 0 Å². The Morgan fingerprint density at radius 3 is 3.11 bits per heavy atom. The average Bonchev–Trinajstić information content (AvgIpc) is 2.94. The molecule has 5 heteroatoms. The van der Waals surface area contributed by atoms with Gasteiger partial charge in [-0.1, -0.05) is 6.42 Å². The molecular formula is C13H20N4O. The van der Waals surface area contributed by atoms with Gasteiger partial charge in [-0.3, -0.25) is 9.48 Å². The van der Waals surface area contributed by atoms with E-state index in [1.54, 1.807) is 4.68 Å². The summed E-state index contributed by atoms with van der Waals surface area (Å²) >= 11 is 0. The van der Waals surface area contributed by atoms with Gasteiger partial charge < -0.3 is 10.6 Å². The molecule has 5 nitrogen and oxygen atoms in total. The minimum atomic E-state index is -0.0206. The van der Waals surface area contributed by atoms with Crippen LogP contribution in [-0.4, -0.2) is 28.3 Å². The number of hydrogen-bond acceptors (Lipinski definition) is 3. The van der Waals surface area contributed by atoms with Gasteiger partial charge in [0.15, 0.2) is 0 Å². The maximum atomic E-state index is 12.3. The number of aryl methyl sites for hydroxylation is 2. The summed E-state index contributed by atoms with van der Waals surface area (Å²) in [6, 6.07) is 1.88. The maximum Gasteiger partial charge on any atom is 0.242 e. The van der Waals surface area contributed by atoms with E-state index < -0.39 is 0 Å². The summed E-state index contributed by atoms with van der Waals surface area (Å²) in [6.07, 6.45) is 3.72. The molecule has 0 aromatic carbocycles. The standard InChI is InChI=1S/C13H20N4O/c1-8-6-11(17(2)16-8)15-13(18)12-10-5-3-4-9(10)7-14-12/h6,9-10,12,14H,3-5,7H2,1-2H3,(H,15,18). The third-order valence-corrected chi connectivity index (χ3v) is 4.28. The summed E-state index contributed by atoms with van der Waals surface area (Å²) in [7, 11) is 1.85. The number of anilines is 1. The number of fused-ring (bicyclic) bond motifs is 1. The molecule has 3 rings (SSSR count). The van der Waals surface area contributed by atoms with Crippen molar-refractivity contribution >= 4 is 11.7 Å². The molecule has 1 aliphatic heterocycles. The monoisotopic (exact) mass is 248 g/mol. The number of aromatic nitrogens is 2. The Kier molecular flexibility index (Phi) is 2.86. The Labute approximate surface area is 107 Å². The normalized spacial score (nSPS) is 30.4. The number of amides is 1. The third-order valence-electron chi connectivity index (χ3n) is 4.28. The molecule has 2 N–H and O–H groups in total. The molecule has 2 heterocycles. The van der Waals surface area contributed by atoms with Gasteiger partial charge in [-0.15, -0.1) is 0 Å². The molecule has 1 saturated carbocycles. The molecule has 98 valence electrons. The highest BCUT2D eigenvalue weighted by molar-refractivity contribution is 5.94. The topological polar surface area (TPSA) is 59.0 Å². The minimum absolute atomic E-state index is 0.0206. The highest BCUT2D eigenvalue weighted by Gasteiger charge is 2.42. The van der Waals surface area contributed by atoms with Crippen molar-refractivity contribution < 1.29 is 4.79 Å². The zero-order valence-corrected chi connectivity index (χ0v) is 10.9. The quantitative estimate of drug-likeness (QED) is 0.822. The molecule has 1 saturated heterocycles. The van der Waals surface area contributed by atoms with Crippen LogP contribution in [0.2, 0.25) is 0 Å². The van der Waals surface area contributed by atoms with Gasteiger partial charge in [-0.2, -0.15) is 5.10 Å². The van der Waals surface area contributed by atoms with Gasteiger partial charge in [0, 0.05) is 13.1 Å². The first-order valence-electron chi connectivity index (χ1n) is 6.70. The fourth-order valence-corrected chi connectivity index (χ4v) is 3.41. The highest BCUT2D eigenvalue weighted by Crippen LogP contribution is 2.37. The number of carbonyl (C=O) groups excluding carboxylic acids is 1. The van der Waals surface area contributed by atoms with Crippen molar-refractivity contribution in [2.24, 2.45) is 18.9 Å². The lowest BCUT2D eigenvalue weighted by molar-refractivity contribution is -0.118. The lowest BCUT2D eigenvalue weighted by Gasteiger charge is -2.17. The molecule has 1 aromatic rings. The van der Waals surface area contributed by atoms with Crippen LogP contribution in [0.3, 0.4) is 0 Å². The van der Waals surface area contributed by atoms with E-state index in [-0.39, 0.29) is 11.9 Å². The molecule has 1 aromatic heterocycles. The van der Waals surface area contributed by atoms with Gasteiger partial charge in [-0.05, 0) is 38.1 Å². The molecular weight excluding hydrogens is 228 g/mol. The van der Waals surface area contributed by atoms with Crippen molar-refractivity contribution in [1.82, 2.24) is 15.1 Å². The highest BCUT2D eigenvalue weighted by atomic mass is 16.2. The van der Waals surface area contributed by atoms with Gasteiger partial charge in [0.1, 0.15) is 5.82 Å². The number of carbonyl (C=O) groups is 1. The Morgan fingerprint density at radius 1 is 1.56 bits per heavy atom. The Hall–Kier alpha value is -1.36. The first-order chi connectivity index (χ1) is 8.65. The van der Waals surface area contributed by atoms with E-state index in [0.717, 1.165) is 18.1 Å². The molecule has 3 unspecified atom stereocenters. The Bertz CT molecular complexity index is 468. The first kappa shape index (κ1) is 11.7. The van der Waals surface area contributed by atoms with E-state index >= 15 is 0 Å². The zero-order chi connectivity index (χ0) is 12.7. The molecule has 2 aliphatic rings. The van der Waals surface area contributed by atoms with Crippen molar-refractivity contribution in [3.05, 3.63) is 11.8 Å². The van der Waals surface area contributed by atoms with Crippen LogP contribution in [0.4, 0.5) is 5.82 Å². The predicted molar refractivity (Wildman–Crippen MR) is 69.2 cm³/mol. The van der Waals surface area contributed by atoms with E-state index in [0.29, 0.717) is 11.8 Å². The molecule has 0 bridgehead atoms. The Balaban J connectivity index is 1.70. The van der Waals surface area contributed by atoms with Crippen LogP contribution in [-0.2, 0) is 11.8 Å². The van der Waals surface area contributed by atoms with Gasteiger partial charge in [0.25, 0.3) is 0 Å². The molecule has 0 radical (unpaired) electrons. The smallest absolute Gasteiger partial charge is 0.242 e. The fraction of sp³-hybridized carbons (Fsp3) is 0.692. The number of rotatable bonds is 2. The molecule has 0 spiro atoms. The third kappa shape index (κ3) is 1.92. The average molecular weight is 248 g/mol. The van der Waals surface area contributed by atoms with Gasteiger partial charge in [0.05, 0.1) is 11.7 Å². The second kappa shape index (κ2) is 4.39. The number of nitrogens with zero attached hydrogens (tertiary/aromatic N) is 2. The van der Waals surface area contributed by atoms with E-state index in [1.807, 2.05) is 20.0 Å². The number of nitrogens with one attached hydrogen (secondary N) is 2. The number of hydrogen-bond donors (Lipinski definition) is 2. The van der Waals surface area contributed by atoms with Crippen molar-refractivity contribution in [1.29, 1.82) is 0 Å². The van der Waals surface area contributed by atoms with Crippen LogP contribution in [0.25, 0.3) is 0 Å². The van der Waals surface area contributed by atoms with Crippen LogP contribution in [0, 0.1) is 18.8 Å². The minimum Gasteiger partial charge on any atom is -0.310 e. The lowest BCUT2D eigenvalue weighted by Crippen LogP contribution is -2.40. The van der Waals surface area contributed by atoms with Crippen LogP contribution in [0.1, 0.15) is 25.0 Å². The van der Waals surface area contributed by atoms with Gasteiger partial charge in [0.2, 0.25) is 5.91 Å². The van der Waals surface area contributed by atoms with Gasteiger partial charge in [-0.25, -0.2) is 0 Å². The molecule has 1 amide bonds. The van der Waals surface area contributed by atoms with Crippen molar-refractivity contribution in [3.8, 4) is 0 Å². The summed E-state index contributed by atoms with van der Waals surface area (Å²) in [6.45, 7) is 2.92. The second-order valence-electron chi connectivity index (χ2n) is 5.52. The zero-order valence-electron chi connectivity index (χ0n) is 10.9. The summed E-state index contributed by atoms with van der Waals surface area (Å²) in [5.74, 6) is 2.10. The lowest BCUT2D eigenvalue weighted by atomic mass is 9.94. The van der Waals surface area contributed by atoms with E-state index in [1.165, 1.54) is 19.3 Å². The molecule has 18 heavy (non-hydrogen) atoms. The fourth-order valence-electron chi connectivity index (χ4n) is 3.41. The molecule has 1 aliphatic carbocycles. The summed E-state index contributed by atoms with van der Waals surface area (Å²) in [5.41, 5.74) is 0.922.